The minimum absolute atomic E-state index is 0.172. The van der Waals surface area contributed by atoms with E-state index in [9.17, 15) is 24.0 Å². The lowest BCUT2D eigenvalue weighted by Crippen LogP contribution is -2.46. The summed E-state index contributed by atoms with van der Waals surface area (Å²) in [5.41, 5.74) is 1.51. The molecule has 11 nitrogen and oxygen atoms in total. The summed E-state index contributed by atoms with van der Waals surface area (Å²) in [4.78, 5) is 68.0. The monoisotopic (exact) mass is 566 g/mol. The molecule has 2 aromatic heterocycles. The summed E-state index contributed by atoms with van der Waals surface area (Å²) in [6.07, 6.45) is 1.43. The van der Waals surface area contributed by atoms with Gasteiger partial charge in [0, 0.05) is 51.3 Å². The van der Waals surface area contributed by atoms with Crippen molar-refractivity contribution in [3.63, 3.8) is 0 Å². The smallest absolute Gasteiger partial charge is 0.331 e. The molecule has 4 aromatic rings. The maximum Gasteiger partial charge on any atom is 0.331 e. The number of likely N-dealkylation sites (tertiary alicyclic amines) is 1. The van der Waals surface area contributed by atoms with Gasteiger partial charge in [-0.1, -0.05) is 11.6 Å². The molecule has 210 valence electrons. The molecule has 1 aliphatic heterocycles. The second-order valence-corrected chi connectivity index (χ2v) is 10.5. The third-order valence-electron chi connectivity index (χ3n) is 7.92. The first-order valence-electron chi connectivity index (χ1n) is 13.3. The number of rotatable bonds is 6. The molecule has 40 heavy (non-hydrogen) atoms. The van der Waals surface area contributed by atoms with Crippen LogP contribution in [0.5, 0.6) is 0 Å². The molecule has 1 fully saturated rings. The predicted molar refractivity (Wildman–Crippen MR) is 155 cm³/mol. The summed E-state index contributed by atoms with van der Waals surface area (Å²) in [6.45, 7) is 5.25. The number of hydrogen-bond acceptors (Lipinski definition) is 5. The van der Waals surface area contributed by atoms with Crippen LogP contribution in [0.25, 0.3) is 21.9 Å². The highest BCUT2D eigenvalue weighted by atomic mass is 35.5. The van der Waals surface area contributed by atoms with Crippen LogP contribution in [-0.4, -0.2) is 55.6 Å². The van der Waals surface area contributed by atoms with Crippen molar-refractivity contribution in [2.75, 3.05) is 25.0 Å². The van der Waals surface area contributed by atoms with Gasteiger partial charge in [0.15, 0.2) is 0 Å². The second kappa shape index (κ2) is 10.5. The van der Waals surface area contributed by atoms with Crippen molar-refractivity contribution in [3.05, 3.63) is 72.2 Å². The lowest BCUT2D eigenvalue weighted by atomic mass is 10.0. The molecule has 12 heteroatoms. The van der Waals surface area contributed by atoms with Crippen LogP contribution in [0.2, 0.25) is 5.02 Å². The third kappa shape index (κ3) is 4.25. The number of carbonyl (C=O) groups is 2. The number of anilines is 1. The van der Waals surface area contributed by atoms with E-state index in [0.29, 0.717) is 83.6 Å². The fourth-order valence-corrected chi connectivity index (χ4v) is 5.93. The van der Waals surface area contributed by atoms with Gasteiger partial charge in [0.1, 0.15) is 0 Å². The molecule has 0 saturated carbocycles. The number of nitrogens with zero attached hydrogens (tertiary/aromatic N) is 6. The number of piperidine rings is 1. The Labute approximate surface area is 234 Å². The summed E-state index contributed by atoms with van der Waals surface area (Å²) < 4.78 is 5.94. The highest BCUT2D eigenvalue weighted by Crippen LogP contribution is 2.30. The van der Waals surface area contributed by atoms with Crippen LogP contribution in [0.15, 0.2) is 44.7 Å². The first-order valence-corrected chi connectivity index (χ1v) is 13.7. The van der Waals surface area contributed by atoms with Crippen LogP contribution < -0.4 is 21.8 Å². The van der Waals surface area contributed by atoms with E-state index in [1.54, 1.807) is 58.5 Å². The summed E-state index contributed by atoms with van der Waals surface area (Å²) in [7, 11) is 3.19. The van der Waals surface area contributed by atoms with Gasteiger partial charge in [0.2, 0.25) is 6.41 Å². The highest BCUT2D eigenvalue weighted by molar-refractivity contribution is 6.31. The number of benzene rings is 2. The van der Waals surface area contributed by atoms with Crippen molar-refractivity contribution in [2.24, 2.45) is 7.05 Å². The zero-order chi connectivity index (χ0) is 28.9. The summed E-state index contributed by atoms with van der Waals surface area (Å²) >= 11 is 6.13. The van der Waals surface area contributed by atoms with Crippen LogP contribution >= 0.6 is 11.6 Å². The summed E-state index contributed by atoms with van der Waals surface area (Å²) in [5, 5.41) is 0.773. The Bertz CT molecular complexity index is 1840. The SMILES string of the molecule is CCn1c(=O)n(CC)c2cc(N(C)C=O)c(C(=O)N3CCC(n4c(=O)c5cc(Cl)ccc5n(C)c4=O)CC3)cc21. The number of hydrogen-bond donors (Lipinski definition) is 0. The fourth-order valence-electron chi connectivity index (χ4n) is 5.75. The van der Waals surface area contributed by atoms with Gasteiger partial charge in [0.05, 0.1) is 33.2 Å². The first-order chi connectivity index (χ1) is 19.1. The van der Waals surface area contributed by atoms with Crippen LogP contribution in [0.1, 0.15) is 43.1 Å². The predicted octanol–water partition coefficient (Wildman–Crippen LogP) is 2.58. The van der Waals surface area contributed by atoms with Gasteiger partial charge in [-0.3, -0.25) is 32.7 Å². The number of fused-ring (bicyclic) bond motifs is 2. The average Bonchev–Trinajstić information content (AvgIpc) is 3.23. The molecule has 0 atom stereocenters. The molecule has 5 rings (SSSR count). The van der Waals surface area contributed by atoms with Crippen molar-refractivity contribution in [2.45, 2.75) is 45.8 Å². The first kappa shape index (κ1) is 27.4. The number of amides is 2. The molecule has 0 bridgehead atoms. The van der Waals surface area contributed by atoms with Crippen LogP contribution in [-0.2, 0) is 24.9 Å². The van der Waals surface area contributed by atoms with Gasteiger partial charge in [-0.25, -0.2) is 9.59 Å². The van der Waals surface area contributed by atoms with Crippen LogP contribution in [0, 0.1) is 0 Å². The fraction of sp³-hybridized carbons (Fsp3) is 0.393. The molecule has 0 aliphatic carbocycles. The number of imidazole rings is 1. The van der Waals surface area contributed by atoms with E-state index in [1.165, 1.54) is 14.0 Å². The Morgan fingerprint density at radius 1 is 0.975 bits per heavy atom. The number of aromatic nitrogens is 4. The van der Waals surface area contributed by atoms with Crippen molar-refractivity contribution >= 4 is 51.5 Å². The van der Waals surface area contributed by atoms with E-state index in [1.807, 2.05) is 13.8 Å². The minimum atomic E-state index is -0.414. The van der Waals surface area contributed by atoms with Crippen molar-refractivity contribution < 1.29 is 9.59 Å². The Morgan fingerprint density at radius 3 is 2.20 bits per heavy atom. The van der Waals surface area contributed by atoms with E-state index in [0.717, 1.165) is 0 Å². The number of carbonyl (C=O) groups excluding carboxylic acids is 2. The maximum atomic E-state index is 13.8. The molecule has 2 aromatic carbocycles. The summed E-state index contributed by atoms with van der Waals surface area (Å²) in [6, 6.07) is 7.87. The van der Waals surface area contributed by atoms with Crippen LogP contribution in [0.3, 0.4) is 0 Å². The van der Waals surface area contributed by atoms with Gasteiger partial charge in [-0.05, 0) is 57.0 Å². The molecule has 0 N–H and O–H groups in total. The van der Waals surface area contributed by atoms with Crippen molar-refractivity contribution in [1.82, 2.24) is 23.2 Å². The summed E-state index contributed by atoms with van der Waals surface area (Å²) in [5.74, 6) is -0.283. The van der Waals surface area contributed by atoms with Crippen molar-refractivity contribution in [1.29, 1.82) is 0 Å². The quantitative estimate of drug-likeness (QED) is 0.333. The molecule has 0 radical (unpaired) electrons. The van der Waals surface area contributed by atoms with Gasteiger partial charge < -0.3 is 9.80 Å². The normalized spacial score (nSPS) is 14.3. The molecule has 0 unspecified atom stereocenters. The van der Waals surface area contributed by atoms with Gasteiger partial charge >= 0.3 is 11.4 Å². The van der Waals surface area contributed by atoms with Gasteiger partial charge in [0.25, 0.3) is 11.5 Å². The molecule has 1 saturated heterocycles. The van der Waals surface area contributed by atoms with E-state index in [-0.39, 0.29) is 17.6 Å². The zero-order valence-electron chi connectivity index (χ0n) is 22.9. The maximum absolute atomic E-state index is 13.8. The lowest BCUT2D eigenvalue weighted by Gasteiger charge is -2.33. The number of halogens is 1. The van der Waals surface area contributed by atoms with E-state index < -0.39 is 11.2 Å². The van der Waals surface area contributed by atoms with E-state index in [4.69, 9.17) is 11.6 Å². The standard InChI is InChI=1S/C28H31ClN6O5/c1-5-33-23-14-20(22(30(3)16-36)15-24(23)34(6-2)28(33)40)25(37)32-11-9-18(10-12-32)35-26(38)19-13-17(29)7-8-21(19)31(4)27(35)39/h7-8,13-16,18H,5-6,9-12H2,1-4H3. The largest absolute Gasteiger partial charge is 0.338 e. The van der Waals surface area contributed by atoms with Crippen LogP contribution in [0.4, 0.5) is 5.69 Å². The van der Waals surface area contributed by atoms with E-state index >= 15 is 0 Å². The Kier molecular flexibility index (Phi) is 7.17. The Balaban J connectivity index is 1.50. The lowest BCUT2D eigenvalue weighted by molar-refractivity contribution is -0.107. The van der Waals surface area contributed by atoms with Gasteiger partial charge in [-0.15, -0.1) is 0 Å². The van der Waals surface area contributed by atoms with Crippen molar-refractivity contribution in [3.8, 4) is 0 Å². The second-order valence-electron chi connectivity index (χ2n) is 10.0. The molecule has 0 spiro atoms. The zero-order valence-corrected chi connectivity index (χ0v) is 23.6. The Morgan fingerprint density at radius 2 is 1.60 bits per heavy atom. The molecule has 3 heterocycles. The minimum Gasteiger partial charge on any atom is -0.338 e. The molecular weight excluding hydrogens is 536 g/mol. The number of aryl methyl sites for hydroxylation is 3. The molecule has 1 aliphatic rings. The average molecular weight is 567 g/mol. The topological polar surface area (TPSA) is 112 Å². The van der Waals surface area contributed by atoms with Gasteiger partial charge in [-0.2, -0.15) is 0 Å². The molecule has 2 amide bonds. The molecular formula is C28H31ClN6O5. The van der Waals surface area contributed by atoms with E-state index in [2.05, 4.69) is 0 Å². The Hall–Kier alpha value is -4.12. The highest BCUT2D eigenvalue weighted by Gasteiger charge is 2.30. The third-order valence-corrected chi connectivity index (χ3v) is 8.15.